The zero-order valence-corrected chi connectivity index (χ0v) is 17.7. The number of pyridine rings is 1. The smallest absolute Gasteiger partial charge is 0.252 e. The van der Waals surface area contributed by atoms with Crippen molar-refractivity contribution >= 4 is 28.4 Å². The molecule has 0 radical (unpaired) electrons. The molecule has 1 aromatic carbocycles. The van der Waals surface area contributed by atoms with Crippen LogP contribution in [0.4, 0.5) is 17.3 Å². The normalized spacial score (nSPS) is 19.8. The molecule has 7 heteroatoms. The van der Waals surface area contributed by atoms with Gasteiger partial charge in [-0.05, 0) is 62.4 Å². The molecule has 2 aromatic heterocycles. The van der Waals surface area contributed by atoms with Crippen LogP contribution in [0.15, 0.2) is 47.4 Å². The molecule has 1 aliphatic carbocycles. The number of fused-ring (bicyclic) bond motifs is 1. The highest BCUT2D eigenvalue weighted by atomic mass is 16.3. The summed E-state index contributed by atoms with van der Waals surface area (Å²) in [5.41, 5.74) is 2.73. The predicted molar refractivity (Wildman–Crippen MR) is 123 cm³/mol. The largest absolute Gasteiger partial charge is 0.394 e. The molecular weight excluding hydrogens is 390 g/mol. The average Bonchev–Trinajstić information content (AvgIpc) is 3.34. The average molecular weight is 420 g/mol. The molecular formula is C24H29N5O2. The minimum atomic E-state index is 0.00775. The predicted octanol–water partition coefficient (Wildman–Crippen LogP) is 4.00. The van der Waals surface area contributed by atoms with Crippen LogP contribution in [0.2, 0.25) is 0 Å². The van der Waals surface area contributed by atoms with E-state index < -0.39 is 0 Å². The van der Waals surface area contributed by atoms with Gasteiger partial charge in [0, 0.05) is 41.6 Å². The summed E-state index contributed by atoms with van der Waals surface area (Å²) in [4.78, 5) is 24.0. The van der Waals surface area contributed by atoms with E-state index in [-0.39, 0.29) is 24.2 Å². The number of rotatable bonds is 5. The van der Waals surface area contributed by atoms with Gasteiger partial charge in [-0.25, -0.2) is 4.98 Å². The molecule has 31 heavy (non-hydrogen) atoms. The SMILES string of the molecule is O=c1ccc2cnc(Nc3ccc(N4CCCCC4CO)cc3)nc2n1C1CCCC1. The summed E-state index contributed by atoms with van der Waals surface area (Å²) in [6.07, 6.45) is 9.51. The van der Waals surface area contributed by atoms with Crippen molar-refractivity contribution in [2.45, 2.75) is 57.0 Å². The highest BCUT2D eigenvalue weighted by molar-refractivity contribution is 5.76. The first kappa shape index (κ1) is 20.0. The van der Waals surface area contributed by atoms with Gasteiger partial charge in [-0.2, -0.15) is 4.98 Å². The van der Waals surface area contributed by atoms with Gasteiger partial charge in [-0.3, -0.25) is 9.36 Å². The Kier molecular flexibility index (Phi) is 5.59. The molecule has 0 spiro atoms. The maximum atomic E-state index is 12.6. The molecule has 5 rings (SSSR count). The molecule has 1 atom stereocenters. The lowest BCUT2D eigenvalue weighted by atomic mass is 10.0. The number of aliphatic hydroxyl groups is 1. The van der Waals surface area contributed by atoms with Crippen molar-refractivity contribution in [3.05, 3.63) is 52.9 Å². The van der Waals surface area contributed by atoms with Gasteiger partial charge < -0.3 is 15.3 Å². The van der Waals surface area contributed by atoms with E-state index >= 15 is 0 Å². The summed E-state index contributed by atoms with van der Waals surface area (Å²) < 4.78 is 1.85. The zero-order chi connectivity index (χ0) is 21.2. The van der Waals surface area contributed by atoms with Crippen LogP contribution in [0, 0.1) is 0 Å². The summed E-state index contributed by atoms with van der Waals surface area (Å²) >= 11 is 0. The van der Waals surface area contributed by atoms with Gasteiger partial charge in [0.15, 0.2) is 0 Å². The Morgan fingerprint density at radius 2 is 1.77 bits per heavy atom. The molecule has 3 heterocycles. The molecule has 1 unspecified atom stereocenters. The van der Waals surface area contributed by atoms with Crippen LogP contribution < -0.4 is 15.8 Å². The van der Waals surface area contributed by atoms with E-state index in [0.717, 1.165) is 61.8 Å². The third kappa shape index (κ3) is 4.02. The summed E-state index contributed by atoms with van der Waals surface area (Å²) in [5, 5.41) is 13.8. The highest BCUT2D eigenvalue weighted by Gasteiger charge is 2.22. The first-order valence-corrected chi connectivity index (χ1v) is 11.4. The van der Waals surface area contributed by atoms with Gasteiger partial charge in [0.05, 0.1) is 12.6 Å². The molecule has 3 aromatic rings. The number of aliphatic hydroxyl groups excluding tert-OH is 1. The maximum Gasteiger partial charge on any atom is 0.252 e. The zero-order valence-electron chi connectivity index (χ0n) is 17.7. The van der Waals surface area contributed by atoms with E-state index in [1.807, 2.05) is 16.7 Å². The van der Waals surface area contributed by atoms with E-state index in [1.165, 1.54) is 6.42 Å². The van der Waals surface area contributed by atoms with Crippen molar-refractivity contribution in [3.63, 3.8) is 0 Å². The van der Waals surface area contributed by atoms with E-state index in [4.69, 9.17) is 4.98 Å². The van der Waals surface area contributed by atoms with Crippen molar-refractivity contribution in [1.29, 1.82) is 0 Å². The second-order valence-electron chi connectivity index (χ2n) is 8.65. The second-order valence-corrected chi connectivity index (χ2v) is 8.65. The summed E-state index contributed by atoms with van der Waals surface area (Å²) in [6, 6.07) is 12.0. The highest BCUT2D eigenvalue weighted by Crippen LogP contribution is 2.31. The minimum Gasteiger partial charge on any atom is -0.394 e. The number of anilines is 3. The Balaban J connectivity index is 1.40. The fourth-order valence-electron chi connectivity index (χ4n) is 5.01. The maximum absolute atomic E-state index is 12.6. The van der Waals surface area contributed by atoms with Crippen molar-refractivity contribution < 1.29 is 5.11 Å². The van der Waals surface area contributed by atoms with E-state index in [1.54, 1.807) is 18.3 Å². The Labute approximate surface area is 181 Å². The first-order valence-electron chi connectivity index (χ1n) is 11.4. The van der Waals surface area contributed by atoms with E-state index in [9.17, 15) is 9.90 Å². The first-order chi connectivity index (χ1) is 15.2. The Hall–Kier alpha value is -2.93. The summed E-state index contributed by atoms with van der Waals surface area (Å²) in [5.74, 6) is 0.490. The number of aromatic nitrogens is 3. The fourth-order valence-corrected chi connectivity index (χ4v) is 5.01. The number of nitrogens with zero attached hydrogens (tertiary/aromatic N) is 4. The lowest BCUT2D eigenvalue weighted by molar-refractivity contribution is 0.240. The summed E-state index contributed by atoms with van der Waals surface area (Å²) in [7, 11) is 0. The molecule has 2 aliphatic rings. The van der Waals surface area contributed by atoms with Crippen molar-refractivity contribution in [1.82, 2.24) is 14.5 Å². The third-order valence-electron chi connectivity index (χ3n) is 6.65. The van der Waals surface area contributed by atoms with Gasteiger partial charge in [0.1, 0.15) is 5.65 Å². The second kappa shape index (κ2) is 8.67. The van der Waals surface area contributed by atoms with Gasteiger partial charge in [-0.15, -0.1) is 0 Å². The standard InChI is InChI=1S/C24H29N5O2/c30-16-21-7-3-4-14-28(21)19-11-9-18(10-12-19)26-24-25-15-17-8-13-22(31)29(23(17)27-24)20-5-1-2-6-20/h8-13,15,20-21,30H,1-7,14,16H2,(H,25,26,27). The van der Waals surface area contributed by atoms with E-state index in [0.29, 0.717) is 11.6 Å². The van der Waals surface area contributed by atoms with Gasteiger partial charge in [-0.1, -0.05) is 12.8 Å². The number of hydrogen-bond acceptors (Lipinski definition) is 6. The number of benzene rings is 1. The monoisotopic (exact) mass is 419 g/mol. The minimum absolute atomic E-state index is 0.00775. The van der Waals surface area contributed by atoms with Crippen molar-refractivity contribution in [2.24, 2.45) is 0 Å². The van der Waals surface area contributed by atoms with Crippen LogP contribution in [0.3, 0.4) is 0 Å². The van der Waals surface area contributed by atoms with Crippen LogP contribution in [0.25, 0.3) is 11.0 Å². The molecule has 0 amide bonds. The third-order valence-corrected chi connectivity index (χ3v) is 6.65. The van der Waals surface area contributed by atoms with Crippen molar-refractivity contribution in [3.8, 4) is 0 Å². The Morgan fingerprint density at radius 1 is 1.00 bits per heavy atom. The number of nitrogens with one attached hydrogen (secondary N) is 1. The quantitative estimate of drug-likeness (QED) is 0.650. The van der Waals surface area contributed by atoms with Crippen LogP contribution in [-0.2, 0) is 0 Å². The lowest BCUT2D eigenvalue weighted by Gasteiger charge is -2.36. The Morgan fingerprint density at radius 3 is 2.55 bits per heavy atom. The molecule has 7 nitrogen and oxygen atoms in total. The van der Waals surface area contributed by atoms with Crippen LogP contribution in [0.1, 0.15) is 51.0 Å². The number of piperidine rings is 1. The van der Waals surface area contributed by atoms with E-state index in [2.05, 4.69) is 27.3 Å². The molecule has 162 valence electrons. The van der Waals surface area contributed by atoms with Gasteiger partial charge in [0.25, 0.3) is 5.56 Å². The number of hydrogen-bond donors (Lipinski definition) is 2. The molecule has 2 fully saturated rings. The van der Waals surface area contributed by atoms with Crippen LogP contribution in [-0.4, -0.2) is 38.8 Å². The molecule has 1 saturated heterocycles. The molecule has 0 bridgehead atoms. The molecule has 1 saturated carbocycles. The van der Waals surface area contributed by atoms with Crippen LogP contribution >= 0.6 is 0 Å². The van der Waals surface area contributed by atoms with Gasteiger partial charge >= 0.3 is 0 Å². The van der Waals surface area contributed by atoms with Crippen molar-refractivity contribution in [2.75, 3.05) is 23.4 Å². The topological polar surface area (TPSA) is 83.3 Å². The molecule has 1 aliphatic heterocycles. The lowest BCUT2D eigenvalue weighted by Crippen LogP contribution is -2.41. The van der Waals surface area contributed by atoms with Gasteiger partial charge in [0.2, 0.25) is 5.95 Å². The summed E-state index contributed by atoms with van der Waals surface area (Å²) in [6.45, 7) is 1.16. The fraction of sp³-hybridized carbons (Fsp3) is 0.458. The van der Waals surface area contributed by atoms with Crippen LogP contribution in [0.5, 0.6) is 0 Å². The Bertz CT molecular complexity index is 1110. The molecule has 2 N–H and O–H groups in total.